The Bertz CT molecular complexity index is 972. The largest absolute Gasteiger partial charge is 0.357 e. The molecule has 0 aliphatic heterocycles. The van der Waals surface area contributed by atoms with E-state index in [4.69, 9.17) is 4.52 Å². The zero-order chi connectivity index (χ0) is 16.5. The molecular formula is C16H13FN6O. The highest BCUT2D eigenvalue weighted by molar-refractivity contribution is 5.55. The quantitative estimate of drug-likeness (QED) is 0.624. The van der Waals surface area contributed by atoms with Crippen molar-refractivity contribution in [3.05, 3.63) is 59.7 Å². The van der Waals surface area contributed by atoms with Gasteiger partial charge in [0.2, 0.25) is 5.82 Å². The van der Waals surface area contributed by atoms with Gasteiger partial charge in [-0.25, -0.2) is 9.07 Å². The molecule has 1 N–H and O–H groups in total. The van der Waals surface area contributed by atoms with E-state index < -0.39 is 0 Å². The molecule has 0 fully saturated rings. The van der Waals surface area contributed by atoms with E-state index in [0.717, 1.165) is 17.0 Å². The number of benzene rings is 1. The zero-order valence-corrected chi connectivity index (χ0v) is 12.8. The maximum atomic E-state index is 13.3. The summed E-state index contributed by atoms with van der Waals surface area (Å²) in [5, 5.41) is 12.2. The number of halogens is 1. The first-order chi connectivity index (χ1) is 11.7. The van der Waals surface area contributed by atoms with Crippen molar-refractivity contribution in [3.63, 3.8) is 0 Å². The van der Waals surface area contributed by atoms with Crippen LogP contribution < -0.4 is 0 Å². The summed E-state index contributed by atoms with van der Waals surface area (Å²) >= 11 is 0. The van der Waals surface area contributed by atoms with Gasteiger partial charge in [-0.1, -0.05) is 22.5 Å². The van der Waals surface area contributed by atoms with Crippen LogP contribution in [-0.2, 0) is 6.54 Å². The SMILES string of the molecule is Cc1c(-c2noc(-c3ccc[nH]3)n2)nnn1Cc1cccc(F)c1. The Kier molecular flexibility index (Phi) is 3.42. The molecule has 0 aliphatic rings. The third-order valence-corrected chi connectivity index (χ3v) is 3.67. The molecule has 0 bridgehead atoms. The lowest BCUT2D eigenvalue weighted by Crippen LogP contribution is -2.04. The predicted octanol–water partition coefficient (Wildman–Crippen LogP) is 2.82. The van der Waals surface area contributed by atoms with E-state index in [-0.39, 0.29) is 5.82 Å². The van der Waals surface area contributed by atoms with E-state index >= 15 is 0 Å². The van der Waals surface area contributed by atoms with Crippen LogP contribution in [0, 0.1) is 12.7 Å². The molecular weight excluding hydrogens is 311 g/mol. The summed E-state index contributed by atoms with van der Waals surface area (Å²) in [6.45, 7) is 2.28. The molecule has 8 heteroatoms. The molecule has 4 rings (SSSR count). The van der Waals surface area contributed by atoms with Gasteiger partial charge in [0.15, 0.2) is 5.69 Å². The molecule has 0 spiro atoms. The predicted molar refractivity (Wildman–Crippen MR) is 83.3 cm³/mol. The second-order valence-corrected chi connectivity index (χ2v) is 5.32. The molecule has 0 radical (unpaired) electrons. The van der Waals surface area contributed by atoms with E-state index in [9.17, 15) is 4.39 Å². The van der Waals surface area contributed by atoms with Gasteiger partial charge in [-0.2, -0.15) is 4.98 Å². The minimum Gasteiger partial charge on any atom is -0.357 e. The highest BCUT2D eigenvalue weighted by Crippen LogP contribution is 2.22. The minimum absolute atomic E-state index is 0.278. The van der Waals surface area contributed by atoms with E-state index in [0.29, 0.717) is 24.0 Å². The number of H-pyrrole nitrogens is 1. The van der Waals surface area contributed by atoms with Crippen molar-refractivity contribution in [1.82, 2.24) is 30.1 Å². The number of rotatable bonds is 4. The lowest BCUT2D eigenvalue weighted by atomic mass is 10.2. The Labute approximate surface area is 136 Å². The van der Waals surface area contributed by atoms with E-state index in [2.05, 4.69) is 25.4 Å². The van der Waals surface area contributed by atoms with Crippen molar-refractivity contribution in [1.29, 1.82) is 0 Å². The fraction of sp³-hybridized carbons (Fsp3) is 0.125. The molecule has 1 aromatic carbocycles. The summed E-state index contributed by atoms with van der Waals surface area (Å²) in [5.41, 5.74) is 2.85. The lowest BCUT2D eigenvalue weighted by molar-refractivity contribution is 0.431. The highest BCUT2D eigenvalue weighted by Gasteiger charge is 2.18. The topological polar surface area (TPSA) is 85.4 Å². The van der Waals surface area contributed by atoms with Crippen molar-refractivity contribution in [2.75, 3.05) is 0 Å². The average molecular weight is 324 g/mol. The summed E-state index contributed by atoms with van der Waals surface area (Å²) in [4.78, 5) is 7.34. The molecule has 0 amide bonds. The minimum atomic E-state index is -0.278. The average Bonchev–Trinajstić information content (AvgIpc) is 3.29. The van der Waals surface area contributed by atoms with Crippen LogP contribution in [0.25, 0.3) is 23.1 Å². The first kappa shape index (κ1) is 14.3. The van der Waals surface area contributed by atoms with Crippen molar-refractivity contribution in [3.8, 4) is 23.1 Å². The molecule has 4 aromatic rings. The molecule has 0 saturated heterocycles. The van der Waals surface area contributed by atoms with Crippen LogP contribution in [0.2, 0.25) is 0 Å². The number of nitrogens with one attached hydrogen (secondary N) is 1. The molecule has 24 heavy (non-hydrogen) atoms. The van der Waals surface area contributed by atoms with Crippen LogP contribution in [0.1, 0.15) is 11.3 Å². The summed E-state index contributed by atoms with van der Waals surface area (Å²) < 4.78 is 20.2. The number of hydrogen-bond acceptors (Lipinski definition) is 5. The monoisotopic (exact) mass is 324 g/mol. The number of aromatic amines is 1. The smallest absolute Gasteiger partial charge is 0.274 e. The first-order valence-corrected chi connectivity index (χ1v) is 7.33. The van der Waals surface area contributed by atoms with E-state index in [1.165, 1.54) is 12.1 Å². The summed E-state index contributed by atoms with van der Waals surface area (Å²) in [7, 11) is 0. The van der Waals surface area contributed by atoms with Crippen LogP contribution in [0.3, 0.4) is 0 Å². The van der Waals surface area contributed by atoms with Crippen LogP contribution >= 0.6 is 0 Å². The summed E-state index contributed by atoms with van der Waals surface area (Å²) in [5.74, 6) is 0.468. The van der Waals surface area contributed by atoms with Gasteiger partial charge in [0.25, 0.3) is 5.89 Å². The summed E-state index contributed by atoms with van der Waals surface area (Å²) in [6, 6.07) is 10.1. The third kappa shape index (κ3) is 2.58. The number of nitrogens with zero attached hydrogens (tertiary/aromatic N) is 5. The molecule has 0 saturated carbocycles. The number of hydrogen-bond donors (Lipinski definition) is 1. The van der Waals surface area contributed by atoms with Crippen molar-refractivity contribution < 1.29 is 8.91 Å². The van der Waals surface area contributed by atoms with Gasteiger partial charge in [-0.15, -0.1) is 5.10 Å². The zero-order valence-electron chi connectivity index (χ0n) is 12.8. The molecule has 3 heterocycles. The Hall–Kier alpha value is -3.29. The van der Waals surface area contributed by atoms with Crippen LogP contribution in [0.4, 0.5) is 4.39 Å². The Morgan fingerprint density at radius 3 is 2.96 bits per heavy atom. The molecule has 7 nitrogen and oxygen atoms in total. The van der Waals surface area contributed by atoms with Gasteiger partial charge in [0.1, 0.15) is 11.5 Å². The first-order valence-electron chi connectivity index (χ1n) is 7.33. The Morgan fingerprint density at radius 1 is 1.25 bits per heavy atom. The van der Waals surface area contributed by atoms with Gasteiger partial charge < -0.3 is 9.51 Å². The molecule has 0 aliphatic carbocycles. The fourth-order valence-corrected chi connectivity index (χ4v) is 2.42. The third-order valence-electron chi connectivity index (χ3n) is 3.67. The van der Waals surface area contributed by atoms with Crippen LogP contribution in [0.5, 0.6) is 0 Å². The standard InChI is InChI=1S/C16H13FN6O/c1-10-14(15-19-16(24-21-15)13-6-3-7-18-13)20-22-23(10)9-11-4-2-5-12(17)8-11/h2-8,18H,9H2,1H3. The Morgan fingerprint density at radius 2 is 2.17 bits per heavy atom. The van der Waals surface area contributed by atoms with E-state index in [1.54, 1.807) is 16.9 Å². The maximum absolute atomic E-state index is 13.3. The second-order valence-electron chi connectivity index (χ2n) is 5.32. The van der Waals surface area contributed by atoms with Crippen molar-refractivity contribution in [2.24, 2.45) is 0 Å². The van der Waals surface area contributed by atoms with Crippen molar-refractivity contribution in [2.45, 2.75) is 13.5 Å². The Balaban J connectivity index is 1.62. The molecule has 120 valence electrons. The molecule has 0 atom stereocenters. The molecule has 0 unspecified atom stereocenters. The van der Waals surface area contributed by atoms with Crippen molar-refractivity contribution >= 4 is 0 Å². The second kappa shape index (κ2) is 5.73. The van der Waals surface area contributed by atoms with Crippen LogP contribution in [-0.4, -0.2) is 30.1 Å². The normalized spacial score (nSPS) is 11.1. The van der Waals surface area contributed by atoms with Crippen LogP contribution in [0.15, 0.2) is 47.1 Å². The fourth-order valence-electron chi connectivity index (χ4n) is 2.42. The van der Waals surface area contributed by atoms with E-state index in [1.807, 2.05) is 25.1 Å². The number of aromatic nitrogens is 6. The van der Waals surface area contributed by atoms with Gasteiger partial charge in [-0.3, -0.25) is 0 Å². The van der Waals surface area contributed by atoms with Gasteiger partial charge in [0, 0.05) is 6.20 Å². The van der Waals surface area contributed by atoms with Gasteiger partial charge in [0.05, 0.1) is 12.2 Å². The maximum Gasteiger partial charge on any atom is 0.274 e. The molecule has 3 aromatic heterocycles. The highest BCUT2D eigenvalue weighted by atomic mass is 19.1. The van der Waals surface area contributed by atoms with Gasteiger partial charge >= 0.3 is 0 Å². The van der Waals surface area contributed by atoms with Gasteiger partial charge in [-0.05, 0) is 36.8 Å². The lowest BCUT2D eigenvalue weighted by Gasteiger charge is -2.03. The summed E-state index contributed by atoms with van der Waals surface area (Å²) in [6.07, 6.45) is 1.78.